The highest BCUT2D eigenvalue weighted by atomic mass is 32.1. The maximum atomic E-state index is 12.4. The van der Waals surface area contributed by atoms with Crippen molar-refractivity contribution in [1.82, 2.24) is 20.1 Å². The molecule has 2 aromatic heterocycles. The molecule has 2 N–H and O–H groups in total. The monoisotopic (exact) mass is 482 g/mol. The summed E-state index contributed by atoms with van der Waals surface area (Å²) in [5, 5.41) is 17.2. The molecule has 34 heavy (non-hydrogen) atoms. The van der Waals surface area contributed by atoms with Crippen molar-refractivity contribution in [2.45, 2.75) is 52.6 Å². The molecule has 0 spiro atoms. The molecule has 1 fully saturated rings. The van der Waals surface area contributed by atoms with E-state index in [1.165, 1.54) is 0 Å². The molecule has 0 radical (unpaired) electrons. The van der Waals surface area contributed by atoms with Crippen molar-refractivity contribution in [1.29, 1.82) is 0 Å². The Bertz CT molecular complexity index is 1060. The van der Waals surface area contributed by atoms with Gasteiger partial charge in [-0.3, -0.25) is 9.36 Å². The maximum absolute atomic E-state index is 12.4. The maximum Gasteiger partial charge on any atom is 0.223 e. The zero-order chi connectivity index (χ0) is 23.9. The van der Waals surface area contributed by atoms with Crippen LogP contribution in [0.3, 0.4) is 0 Å². The minimum absolute atomic E-state index is 0.0855. The third-order valence-corrected chi connectivity index (χ3v) is 7.20. The summed E-state index contributed by atoms with van der Waals surface area (Å²) < 4.78 is 7.59. The quantitative estimate of drug-likeness (QED) is 0.444. The summed E-state index contributed by atoms with van der Waals surface area (Å²) >= 11 is 1.59. The third kappa shape index (κ3) is 5.88. The first-order valence-corrected chi connectivity index (χ1v) is 12.9. The summed E-state index contributed by atoms with van der Waals surface area (Å²) in [6.45, 7) is 9.11. The van der Waals surface area contributed by atoms with Crippen molar-refractivity contribution in [2.75, 3.05) is 29.9 Å². The SMILES string of the molecule is CCOc1ccc(NCc2cccn2-c2nnc(N3CCC(C(=O)N[C@@H](C)CC)CC3)s2)cc1. The topological polar surface area (TPSA) is 84.3 Å². The van der Waals surface area contributed by atoms with Crippen molar-refractivity contribution in [3.63, 3.8) is 0 Å². The first-order chi connectivity index (χ1) is 16.6. The zero-order valence-electron chi connectivity index (χ0n) is 20.2. The minimum Gasteiger partial charge on any atom is -0.494 e. The Hall–Kier alpha value is -3.07. The molecule has 0 aliphatic carbocycles. The van der Waals surface area contributed by atoms with Gasteiger partial charge in [-0.05, 0) is 69.5 Å². The average Bonchev–Trinajstić information content (AvgIpc) is 3.53. The van der Waals surface area contributed by atoms with Gasteiger partial charge in [0.05, 0.1) is 13.2 Å². The predicted molar refractivity (Wildman–Crippen MR) is 137 cm³/mol. The van der Waals surface area contributed by atoms with Gasteiger partial charge in [0.25, 0.3) is 0 Å². The van der Waals surface area contributed by atoms with E-state index in [1.807, 2.05) is 43.5 Å². The molecule has 0 saturated carbocycles. The molecule has 3 heterocycles. The van der Waals surface area contributed by atoms with Crippen LogP contribution >= 0.6 is 11.3 Å². The number of piperidine rings is 1. The molecule has 1 aliphatic heterocycles. The van der Waals surface area contributed by atoms with E-state index in [4.69, 9.17) is 4.74 Å². The fourth-order valence-electron chi connectivity index (χ4n) is 4.00. The highest BCUT2D eigenvalue weighted by Gasteiger charge is 2.27. The Kier molecular flexibility index (Phi) is 8.05. The van der Waals surface area contributed by atoms with Gasteiger partial charge < -0.3 is 20.3 Å². The number of aromatic nitrogens is 3. The van der Waals surface area contributed by atoms with Gasteiger partial charge in [0, 0.05) is 42.6 Å². The normalized spacial score (nSPS) is 15.2. The van der Waals surface area contributed by atoms with Crippen molar-refractivity contribution in [3.8, 4) is 10.9 Å². The van der Waals surface area contributed by atoms with Crippen LogP contribution in [0.25, 0.3) is 5.13 Å². The number of anilines is 2. The van der Waals surface area contributed by atoms with Gasteiger partial charge in [-0.25, -0.2) is 0 Å². The number of ether oxygens (including phenoxy) is 1. The summed E-state index contributed by atoms with van der Waals surface area (Å²) in [7, 11) is 0. The van der Waals surface area contributed by atoms with E-state index in [9.17, 15) is 4.79 Å². The molecule has 1 aromatic carbocycles. The number of carbonyl (C=O) groups excluding carboxylic acids is 1. The lowest BCUT2D eigenvalue weighted by atomic mass is 9.96. The smallest absolute Gasteiger partial charge is 0.223 e. The summed E-state index contributed by atoms with van der Waals surface area (Å²) in [5.74, 6) is 1.14. The van der Waals surface area contributed by atoms with Crippen molar-refractivity contribution >= 4 is 28.1 Å². The molecule has 3 aromatic rings. The van der Waals surface area contributed by atoms with E-state index in [0.29, 0.717) is 13.2 Å². The number of carbonyl (C=O) groups is 1. The van der Waals surface area contributed by atoms with E-state index in [-0.39, 0.29) is 17.9 Å². The van der Waals surface area contributed by atoms with Crippen LogP contribution < -0.4 is 20.3 Å². The number of hydrogen-bond acceptors (Lipinski definition) is 7. The van der Waals surface area contributed by atoms with Crippen LogP contribution in [-0.4, -0.2) is 46.4 Å². The highest BCUT2D eigenvalue weighted by Crippen LogP contribution is 2.29. The van der Waals surface area contributed by atoms with Gasteiger partial charge in [-0.1, -0.05) is 18.3 Å². The lowest BCUT2D eigenvalue weighted by molar-refractivity contribution is -0.126. The first-order valence-electron chi connectivity index (χ1n) is 12.1. The summed E-state index contributed by atoms with van der Waals surface area (Å²) in [6.07, 6.45) is 4.66. The van der Waals surface area contributed by atoms with Crippen LogP contribution in [0.5, 0.6) is 5.75 Å². The van der Waals surface area contributed by atoms with E-state index < -0.39 is 0 Å². The average molecular weight is 483 g/mol. The molecule has 1 aliphatic rings. The van der Waals surface area contributed by atoms with Crippen LogP contribution in [0.1, 0.15) is 45.7 Å². The van der Waals surface area contributed by atoms with Gasteiger partial charge in [0.2, 0.25) is 16.2 Å². The Morgan fingerprint density at radius 1 is 1.15 bits per heavy atom. The molecule has 1 amide bonds. The molecular weight excluding hydrogens is 448 g/mol. The van der Waals surface area contributed by atoms with Crippen molar-refractivity contribution in [3.05, 3.63) is 48.3 Å². The van der Waals surface area contributed by atoms with Crippen LogP contribution in [0.15, 0.2) is 42.6 Å². The fourth-order valence-corrected chi connectivity index (χ4v) is 4.92. The molecular formula is C25H34N6O2S. The molecule has 1 saturated heterocycles. The third-order valence-electron chi connectivity index (χ3n) is 6.22. The molecule has 1 atom stereocenters. The number of nitrogens with zero attached hydrogens (tertiary/aromatic N) is 4. The lowest BCUT2D eigenvalue weighted by Gasteiger charge is -2.31. The summed E-state index contributed by atoms with van der Waals surface area (Å²) in [5.41, 5.74) is 2.14. The van der Waals surface area contributed by atoms with E-state index in [0.717, 1.165) is 59.7 Å². The second kappa shape index (κ2) is 11.4. The summed E-state index contributed by atoms with van der Waals surface area (Å²) in [4.78, 5) is 14.7. The standard InChI is InChI=1S/C25H34N6O2S/c1-4-18(3)27-23(32)19-12-15-30(16-13-19)24-28-29-25(34-24)31-14-6-7-21(31)17-26-20-8-10-22(11-9-20)33-5-2/h6-11,14,18-19,26H,4-5,12-13,15-17H2,1-3H3,(H,27,32)/t18-/m0/s1. The zero-order valence-corrected chi connectivity index (χ0v) is 21.0. The fraction of sp³-hybridized carbons (Fsp3) is 0.480. The number of benzene rings is 1. The highest BCUT2D eigenvalue weighted by molar-refractivity contribution is 7.17. The second-order valence-corrected chi connectivity index (χ2v) is 9.56. The van der Waals surface area contributed by atoms with Gasteiger partial charge in [0.15, 0.2) is 0 Å². The predicted octanol–water partition coefficient (Wildman–Crippen LogP) is 4.47. The largest absolute Gasteiger partial charge is 0.494 e. The van der Waals surface area contributed by atoms with Crippen LogP contribution in [0.2, 0.25) is 0 Å². The molecule has 9 heteroatoms. The molecule has 182 valence electrons. The Balaban J connectivity index is 1.33. The number of amides is 1. The molecule has 4 rings (SSSR count). The first kappa shape index (κ1) is 24.1. The molecule has 0 unspecified atom stereocenters. The van der Waals surface area contributed by atoms with E-state index in [2.05, 4.69) is 50.2 Å². The van der Waals surface area contributed by atoms with Crippen LogP contribution in [0.4, 0.5) is 10.8 Å². The van der Waals surface area contributed by atoms with Gasteiger partial charge in [-0.15, -0.1) is 10.2 Å². The van der Waals surface area contributed by atoms with Gasteiger partial charge in [0.1, 0.15) is 5.75 Å². The molecule has 0 bridgehead atoms. The second-order valence-electron chi connectivity index (χ2n) is 8.63. The van der Waals surface area contributed by atoms with E-state index >= 15 is 0 Å². The number of rotatable bonds is 10. The Morgan fingerprint density at radius 3 is 2.59 bits per heavy atom. The minimum atomic E-state index is 0.0855. The van der Waals surface area contributed by atoms with E-state index in [1.54, 1.807) is 11.3 Å². The van der Waals surface area contributed by atoms with Gasteiger partial charge >= 0.3 is 0 Å². The number of nitrogens with one attached hydrogen (secondary N) is 2. The Morgan fingerprint density at radius 2 is 1.88 bits per heavy atom. The summed E-state index contributed by atoms with van der Waals surface area (Å²) in [6, 6.07) is 12.3. The van der Waals surface area contributed by atoms with Crippen molar-refractivity contribution in [2.24, 2.45) is 5.92 Å². The number of hydrogen-bond donors (Lipinski definition) is 2. The van der Waals surface area contributed by atoms with Crippen LogP contribution in [-0.2, 0) is 11.3 Å². The molecule has 8 nitrogen and oxygen atoms in total. The van der Waals surface area contributed by atoms with Gasteiger partial charge in [-0.2, -0.15) is 0 Å². The Labute approximate surface area is 205 Å². The van der Waals surface area contributed by atoms with Crippen LogP contribution in [0, 0.1) is 5.92 Å². The van der Waals surface area contributed by atoms with Crippen molar-refractivity contribution < 1.29 is 9.53 Å². The lowest BCUT2D eigenvalue weighted by Crippen LogP contribution is -2.43.